The molecule has 3 aromatic carbocycles. The summed E-state index contributed by atoms with van der Waals surface area (Å²) in [6, 6.07) is 32.9. The van der Waals surface area contributed by atoms with E-state index in [4.69, 9.17) is 0 Å². The van der Waals surface area contributed by atoms with Crippen molar-refractivity contribution in [2.45, 2.75) is 24.9 Å². The number of nitrogens with one attached hydrogen (secondary N) is 1. The van der Waals surface area contributed by atoms with Gasteiger partial charge in [0.1, 0.15) is 0 Å². The first-order chi connectivity index (χ1) is 13.1. The molecule has 2 heteroatoms. The molecule has 138 valence electrons. The van der Waals surface area contributed by atoms with Crippen molar-refractivity contribution in [1.82, 2.24) is 10.2 Å². The molecule has 0 unspecified atom stereocenters. The van der Waals surface area contributed by atoms with Crippen LogP contribution in [-0.2, 0) is 5.54 Å². The zero-order valence-corrected chi connectivity index (χ0v) is 16.2. The zero-order valence-electron chi connectivity index (χ0n) is 16.2. The van der Waals surface area contributed by atoms with Crippen molar-refractivity contribution in [2.24, 2.45) is 0 Å². The first-order valence-corrected chi connectivity index (χ1v) is 9.80. The molecule has 1 N–H and O–H groups in total. The van der Waals surface area contributed by atoms with Crippen molar-refractivity contribution in [2.75, 3.05) is 19.6 Å². The van der Waals surface area contributed by atoms with Crippen LogP contribution in [0.2, 0.25) is 0 Å². The Morgan fingerprint density at radius 1 is 0.704 bits per heavy atom. The third-order valence-electron chi connectivity index (χ3n) is 5.62. The average molecular weight is 357 g/mol. The molecule has 0 bridgehead atoms. The Kier molecular flexibility index (Phi) is 4.86. The number of nitrogens with zero attached hydrogens (tertiary/aromatic N) is 1. The lowest BCUT2D eigenvalue weighted by Gasteiger charge is -2.51. The maximum Gasteiger partial charge on any atom is 0.0974 e. The lowest BCUT2D eigenvalue weighted by atomic mass is 9.74. The van der Waals surface area contributed by atoms with Crippen LogP contribution in [0.1, 0.15) is 30.5 Å². The highest BCUT2D eigenvalue weighted by atomic mass is 15.3. The fourth-order valence-electron chi connectivity index (χ4n) is 4.51. The minimum absolute atomic E-state index is 0.0713. The quantitative estimate of drug-likeness (QED) is 0.684. The largest absolute Gasteiger partial charge is 0.309 e. The van der Waals surface area contributed by atoms with Gasteiger partial charge < -0.3 is 5.32 Å². The molecule has 1 saturated heterocycles. The van der Waals surface area contributed by atoms with Crippen molar-refractivity contribution in [3.05, 3.63) is 108 Å². The Morgan fingerprint density at radius 3 is 1.48 bits per heavy atom. The van der Waals surface area contributed by atoms with Gasteiger partial charge in [0, 0.05) is 25.2 Å². The van der Waals surface area contributed by atoms with E-state index in [2.05, 4.69) is 115 Å². The fourth-order valence-corrected chi connectivity index (χ4v) is 4.51. The highest BCUT2D eigenvalue weighted by Gasteiger charge is 2.44. The molecule has 0 amide bonds. The fraction of sp³-hybridized carbons (Fsp3) is 0.280. The summed E-state index contributed by atoms with van der Waals surface area (Å²) in [6.45, 7) is 7.56. The molecule has 2 nitrogen and oxygen atoms in total. The number of hydrogen-bond donors (Lipinski definition) is 1. The Hall–Kier alpha value is -2.42. The summed E-state index contributed by atoms with van der Waals surface area (Å²) in [6.07, 6.45) is 0. The minimum atomic E-state index is -0.302. The van der Waals surface area contributed by atoms with E-state index < -0.39 is 0 Å². The summed E-state index contributed by atoms with van der Waals surface area (Å²) in [4.78, 5) is 2.66. The second kappa shape index (κ2) is 7.30. The summed E-state index contributed by atoms with van der Waals surface area (Å²) >= 11 is 0. The van der Waals surface area contributed by atoms with Gasteiger partial charge in [0.05, 0.1) is 5.54 Å². The molecule has 1 aliphatic rings. The molecule has 0 saturated carbocycles. The molecule has 3 aromatic rings. The van der Waals surface area contributed by atoms with Gasteiger partial charge in [0.2, 0.25) is 0 Å². The van der Waals surface area contributed by atoms with E-state index in [1.165, 1.54) is 16.7 Å². The Bertz CT molecular complexity index is 760. The third kappa shape index (κ3) is 3.31. The van der Waals surface area contributed by atoms with Crippen LogP contribution in [0.15, 0.2) is 91.0 Å². The molecule has 1 heterocycles. The van der Waals surface area contributed by atoms with Gasteiger partial charge in [-0.3, -0.25) is 4.90 Å². The number of rotatable bonds is 4. The molecule has 0 aliphatic carbocycles. The summed E-state index contributed by atoms with van der Waals surface area (Å²) in [5, 5.41) is 3.67. The van der Waals surface area contributed by atoms with Gasteiger partial charge in [-0.1, -0.05) is 91.0 Å². The maximum atomic E-state index is 3.67. The summed E-state index contributed by atoms with van der Waals surface area (Å²) < 4.78 is 0. The van der Waals surface area contributed by atoms with E-state index in [1.54, 1.807) is 0 Å². The van der Waals surface area contributed by atoms with E-state index >= 15 is 0 Å². The van der Waals surface area contributed by atoms with Crippen molar-refractivity contribution >= 4 is 0 Å². The summed E-state index contributed by atoms with van der Waals surface area (Å²) in [7, 11) is 0. The average Bonchev–Trinajstić information content (AvgIpc) is 2.70. The normalized spacial score (nSPS) is 17.6. The first-order valence-electron chi connectivity index (χ1n) is 9.80. The molecule has 1 aliphatic heterocycles. The van der Waals surface area contributed by atoms with Crippen LogP contribution in [0.5, 0.6) is 0 Å². The van der Waals surface area contributed by atoms with Gasteiger partial charge in [-0.05, 0) is 30.5 Å². The molecular weight excluding hydrogens is 328 g/mol. The van der Waals surface area contributed by atoms with Crippen LogP contribution >= 0.6 is 0 Å². The first kappa shape index (κ1) is 18.0. The van der Waals surface area contributed by atoms with Gasteiger partial charge in [-0.2, -0.15) is 0 Å². The van der Waals surface area contributed by atoms with Crippen LogP contribution in [0.3, 0.4) is 0 Å². The van der Waals surface area contributed by atoms with E-state index in [0.29, 0.717) is 0 Å². The third-order valence-corrected chi connectivity index (χ3v) is 5.62. The Labute approximate surface area is 162 Å². The van der Waals surface area contributed by atoms with E-state index in [1.807, 2.05) is 0 Å². The van der Waals surface area contributed by atoms with Crippen LogP contribution < -0.4 is 5.32 Å². The smallest absolute Gasteiger partial charge is 0.0974 e. The van der Waals surface area contributed by atoms with Gasteiger partial charge >= 0.3 is 0 Å². The molecule has 0 radical (unpaired) electrons. The molecular formula is C25H28N2. The Morgan fingerprint density at radius 2 is 1.11 bits per heavy atom. The van der Waals surface area contributed by atoms with Crippen LogP contribution in [0.4, 0.5) is 0 Å². The SMILES string of the molecule is CC1(C)CN(C(c2ccccc2)(c2ccccc2)c2ccccc2)CCN1. The van der Waals surface area contributed by atoms with Gasteiger partial charge in [-0.25, -0.2) is 0 Å². The van der Waals surface area contributed by atoms with Gasteiger partial charge in [0.25, 0.3) is 0 Å². The molecule has 4 rings (SSSR count). The standard InChI is InChI=1S/C25H28N2/c1-24(2)20-27(19-18-26-24)25(21-12-6-3-7-13-21,22-14-8-4-9-15-22)23-16-10-5-11-17-23/h3-17,26H,18-20H2,1-2H3. The lowest BCUT2D eigenvalue weighted by molar-refractivity contribution is 0.0817. The number of benzene rings is 3. The lowest BCUT2D eigenvalue weighted by Crippen LogP contribution is -2.63. The van der Waals surface area contributed by atoms with Crippen LogP contribution in [0, 0.1) is 0 Å². The number of piperazine rings is 1. The molecule has 0 spiro atoms. The second-order valence-corrected chi connectivity index (χ2v) is 8.04. The summed E-state index contributed by atoms with van der Waals surface area (Å²) in [5.41, 5.74) is 3.73. The molecule has 1 fully saturated rings. The zero-order chi connectivity index (χ0) is 18.7. The second-order valence-electron chi connectivity index (χ2n) is 8.04. The van der Waals surface area contributed by atoms with Crippen molar-refractivity contribution in [1.29, 1.82) is 0 Å². The number of hydrogen-bond acceptors (Lipinski definition) is 2. The monoisotopic (exact) mass is 356 g/mol. The van der Waals surface area contributed by atoms with E-state index in [0.717, 1.165) is 19.6 Å². The molecule has 0 aromatic heterocycles. The topological polar surface area (TPSA) is 15.3 Å². The predicted octanol–water partition coefficient (Wildman–Crippen LogP) is 4.66. The highest BCUT2D eigenvalue weighted by molar-refractivity contribution is 5.49. The molecule has 27 heavy (non-hydrogen) atoms. The van der Waals surface area contributed by atoms with E-state index in [-0.39, 0.29) is 11.1 Å². The van der Waals surface area contributed by atoms with E-state index in [9.17, 15) is 0 Å². The highest BCUT2D eigenvalue weighted by Crippen LogP contribution is 2.43. The van der Waals surface area contributed by atoms with Crippen molar-refractivity contribution in [3.63, 3.8) is 0 Å². The van der Waals surface area contributed by atoms with Crippen LogP contribution in [0.25, 0.3) is 0 Å². The minimum Gasteiger partial charge on any atom is -0.309 e. The maximum absolute atomic E-state index is 3.67. The van der Waals surface area contributed by atoms with Gasteiger partial charge in [0.15, 0.2) is 0 Å². The Balaban J connectivity index is 2.01. The van der Waals surface area contributed by atoms with Gasteiger partial charge in [-0.15, -0.1) is 0 Å². The summed E-state index contributed by atoms with van der Waals surface area (Å²) in [5.74, 6) is 0. The van der Waals surface area contributed by atoms with Crippen molar-refractivity contribution in [3.8, 4) is 0 Å². The van der Waals surface area contributed by atoms with Crippen molar-refractivity contribution < 1.29 is 0 Å². The van der Waals surface area contributed by atoms with Crippen LogP contribution in [-0.4, -0.2) is 30.1 Å². The predicted molar refractivity (Wildman–Crippen MR) is 113 cm³/mol. The molecule has 0 atom stereocenters.